The number of hydrogen-bond acceptors (Lipinski definition) is 2. The second-order valence-corrected chi connectivity index (χ2v) is 7.43. The van der Waals surface area contributed by atoms with Gasteiger partial charge in [0.05, 0.1) is 10.0 Å². The van der Waals surface area contributed by atoms with Crippen LogP contribution in [0.15, 0.2) is 18.2 Å². The fraction of sp³-hybridized carbons (Fsp3) is 0.647. The maximum absolute atomic E-state index is 6.20. The van der Waals surface area contributed by atoms with Crippen LogP contribution in [-0.2, 0) is 6.54 Å². The fourth-order valence-corrected chi connectivity index (χ4v) is 3.25. The summed E-state index contributed by atoms with van der Waals surface area (Å²) in [7, 11) is 0. The van der Waals surface area contributed by atoms with Gasteiger partial charge in [0.25, 0.3) is 0 Å². The zero-order chi connectivity index (χ0) is 15.4. The van der Waals surface area contributed by atoms with Gasteiger partial charge in [-0.05, 0) is 61.9 Å². The number of nitrogens with zero attached hydrogens (tertiary/aromatic N) is 1. The van der Waals surface area contributed by atoms with Crippen molar-refractivity contribution in [3.05, 3.63) is 33.8 Å². The van der Waals surface area contributed by atoms with Gasteiger partial charge in [-0.25, -0.2) is 0 Å². The maximum Gasteiger partial charge on any atom is 0.0595 e. The Labute approximate surface area is 138 Å². The lowest BCUT2D eigenvalue weighted by Crippen LogP contribution is -2.36. The maximum atomic E-state index is 6.20. The molecule has 0 saturated carbocycles. The lowest BCUT2D eigenvalue weighted by molar-refractivity contribution is 0.163. The van der Waals surface area contributed by atoms with E-state index in [-0.39, 0.29) is 0 Å². The summed E-state index contributed by atoms with van der Waals surface area (Å²) in [5.41, 5.74) is 7.43. The van der Waals surface area contributed by atoms with Crippen LogP contribution in [0, 0.1) is 11.8 Å². The van der Waals surface area contributed by atoms with E-state index in [1.54, 1.807) is 0 Å². The van der Waals surface area contributed by atoms with Gasteiger partial charge >= 0.3 is 0 Å². The zero-order valence-electron chi connectivity index (χ0n) is 13.0. The van der Waals surface area contributed by atoms with Gasteiger partial charge in [-0.15, -0.1) is 0 Å². The summed E-state index contributed by atoms with van der Waals surface area (Å²) in [5, 5.41) is 1.27. The molecule has 4 heteroatoms. The second kappa shape index (κ2) is 7.82. The van der Waals surface area contributed by atoms with Crippen molar-refractivity contribution in [1.82, 2.24) is 4.90 Å². The first kappa shape index (κ1) is 17.1. The van der Waals surface area contributed by atoms with E-state index in [1.165, 1.54) is 18.4 Å². The Bertz CT molecular complexity index is 454. The molecule has 0 amide bonds. The molecule has 1 aromatic rings. The van der Waals surface area contributed by atoms with E-state index in [4.69, 9.17) is 28.9 Å². The van der Waals surface area contributed by atoms with E-state index in [9.17, 15) is 0 Å². The van der Waals surface area contributed by atoms with Crippen LogP contribution in [0.5, 0.6) is 0 Å². The van der Waals surface area contributed by atoms with Gasteiger partial charge < -0.3 is 5.73 Å². The minimum Gasteiger partial charge on any atom is -0.327 e. The molecule has 1 saturated heterocycles. The lowest BCUT2D eigenvalue weighted by atomic mass is 9.87. The predicted octanol–water partition coefficient (Wildman–Crippen LogP) is 4.58. The summed E-state index contributed by atoms with van der Waals surface area (Å²) in [6.45, 7) is 7.68. The highest BCUT2D eigenvalue weighted by atomic mass is 35.5. The van der Waals surface area contributed by atoms with E-state index >= 15 is 0 Å². The Balaban J connectivity index is 1.80. The average molecular weight is 329 g/mol. The van der Waals surface area contributed by atoms with E-state index in [2.05, 4.69) is 24.8 Å². The Hall–Kier alpha value is -0.280. The number of rotatable bonds is 5. The third kappa shape index (κ3) is 5.14. The van der Waals surface area contributed by atoms with Crippen LogP contribution < -0.4 is 5.73 Å². The van der Waals surface area contributed by atoms with Gasteiger partial charge in [-0.2, -0.15) is 0 Å². The molecule has 21 heavy (non-hydrogen) atoms. The number of likely N-dealkylation sites (tertiary alicyclic amines) is 1. The second-order valence-electron chi connectivity index (χ2n) is 6.61. The third-order valence-corrected chi connectivity index (χ3v) is 5.30. The molecule has 1 heterocycles. The van der Waals surface area contributed by atoms with Crippen LogP contribution in [-0.4, -0.2) is 24.0 Å². The highest BCUT2D eigenvalue weighted by Crippen LogP contribution is 2.26. The molecule has 1 atom stereocenters. The third-order valence-electron chi connectivity index (χ3n) is 4.56. The molecule has 1 aromatic carbocycles. The topological polar surface area (TPSA) is 29.3 Å². The summed E-state index contributed by atoms with van der Waals surface area (Å²) in [6, 6.07) is 6.27. The summed E-state index contributed by atoms with van der Waals surface area (Å²) >= 11 is 12.0. The molecule has 1 fully saturated rings. The molecule has 118 valence electrons. The Morgan fingerprint density at radius 3 is 2.43 bits per heavy atom. The Morgan fingerprint density at radius 2 is 1.86 bits per heavy atom. The van der Waals surface area contributed by atoms with E-state index in [0.717, 1.165) is 32.0 Å². The van der Waals surface area contributed by atoms with Crippen molar-refractivity contribution in [1.29, 1.82) is 0 Å². The highest BCUT2D eigenvalue weighted by molar-refractivity contribution is 6.42. The van der Waals surface area contributed by atoms with Crippen molar-refractivity contribution in [3.63, 3.8) is 0 Å². The predicted molar refractivity (Wildman–Crippen MR) is 91.9 cm³/mol. The van der Waals surface area contributed by atoms with Gasteiger partial charge in [0.1, 0.15) is 0 Å². The van der Waals surface area contributed by atoms with Gasteiger partial charge in [0, 0.05) is 12.6 Å². The van der Waals surface area contributed by atoms with Crippen LogP contribution >= 0.6 is 23.2 Å². The van der Waals surface area contributed by atoms with Crippen LogP contribution in [0.4, 0.5) is 0 Å². The van der Waals surface area contributed by atoms with Crippen LogP contribution in [0.1, 0.15) is 38.7 Å². The Morgan fingerprint density at radius 1 is 1.19 bits per heavy atom. The van der Waals surface area contributed by atoms with Crippen molar-refractivity contribution in [2.24, 2.45) is 17.6 Å². The van der Waals surface area contributed by atoms with Crippen molar-refractivity contribution < 1.29 is 0 Å². The number of benzene rings is 1. The average Bonchev–Trinajstić information content (AvgIpc) is 2.45. The smallest absolute Gasteiger partial charge is 0.0595 e. The number of hydrogen-bond donors (Lipinski definition) is 1. The quantitative estimate of drug-likeness (QED) is 0.857. The van der Waals surface area contributed by atoms with Crippen molar-refractivity contribution >= 4 is 23.2 Å². The monoisotopic (exact) mass is 328 g/mol. The first-order valence-corrected chi connectivity index (χ1v) is 8.63. The standard InChI is InChI=1S/C17H26Cl2N2/c1-12(2)17(20)10-13-5-7-21(8-6-13)11-14-3-4-15(18)16(19)9-14/h3-4,9,12-13,17H,5-8,10-11,20H2,1-2H3. The molecule has 0 spiro atoms. The molecule has 0 bridgehead atoms. The number of nitrogens with two attached hydrogens (primary N) is 1. The van der Waals surface area contributed by atoms with Crippen molar-refractivity contribution in [3.8, 4) is 0 Å². The Kier molecular flexibility index (Phi) is 6.36. The van der Waals surface area contributed by atoms with Crippen molar-refractivity contribution in [2.75, 3.05) is 13.1 Å². The summed E-state index contributed by atoms with van der Waals surface area (Å²) in [5.74, 6) is 1.37. The van der Waals surface area contributed by atoms with Crippen LogP contribution in [0.25, 0.3) is 0 Å². The molecule has 1 aliphatic heterocycles. The normalized spacial score (nSPS) is 19.1. The first-order valence-electron chi connectivity index (χ1n) is 7.87. The molecule has 0 aliphatic carbocycles. The SMILES string of the molecule is CC(C)C(N)CC1CCN(Cc2ccc(Cl)c(Cl)c2)CC1. The van der Waals surface area contributed by atoms with Gasteiger partial charge in [0.2, 0.25) is 0 Å². The molecule has 0 aromatic heterocycles. The largest absolute Gasteiger partial charge is 0.327 e. The molecule has 0 radical (unpaired) electrons. The van der Waals surface area contributed by atoms with E-state index < -0.39 is 0 Å². The first-order chi connectivity index (χ1) is 9.95. The molecular weight excluding hydrogens is 303 g/mol. The molecule has 1 unspecified atom stereocenters. The molecule has 1 aliphatic rings. The van der Waals surface area contributed by atoms with Crippen LogP contribution in [0.3, 0.4) is 0 Å². The zero-order valence-corrected chi connectivity index (χ0v) is 14.5. The highest BCUT2D eigenvalue weighted by Gasteiger charge is 2.22. The summed E-state index contributed by atoms with van der Waals surface area (Å²) in [6.07, 6.45) is 3.67. The van der Waals surface area contributed by atoms with Crippen LogP contribution in [0.2, 0.25) is 10.0 Å². The molecule has 2 rings (SSSR count). The summed E-state index contributed by atoms with van der Waals surface area (Å²) < 4.78 is 0. The molecular formula is C17H26Cl2N2. The number of halogens is 2. The molecule has 2 N–H and O–H groups in total. The van der Waals surface area contributed by atoms with Crippen molar-refractivity contribution in [2.45, 2.75) is 45.7 Å². The summed E-state index contributed by atoms with van der Waals surface area (Å²) in [4.78, 5) is 2.50. The minimum absolute atomic E-state index is 0.344. The number of piperidine rings is 1. The molecule has 2 nitrogen and oxygen atoms in total. The van der Waals surface area contributed by atoms with E-state index in [0.29, 0.717) is 22.0 Å². The minimum atomic E-state index is 0.344. The fourth-order valence-electron chi connectivity index (χ4n) is 2.93. The lowest BCUT2D eigenvalue weighted by Gasteiger charge is -2.33. The van der Waals surface area contributed by atoms with Gasteiger partial charge in [0.15, 0.2) is 0 Å². The van der Waals surface area contributed by atoms with E-state index in [1.807, 2.05) is 12.1 Å². The van der Waals surface area contributed by atoms with Gasteiger partial charge in [-0.3, -0.25) is 4.90 Å². The van der Waals surface area contributed by atoms with Gasteiger partial charge in [-0.1, -0.05) is 43.1 Å².